The molecule has 0 amide bonds. The molecule has 33 heavy (non-hydrogen) atoms. The molecule has 178 valence electrons. The molecule has 0 heterocycles. The summed E-state index contributed by atoms with van der Waals surface area (Å²) in [5.74, 6) is 0.0292. The Labute approximate surface area is 195 Å². The van der Waals surface area contributed by atoms with E-state index >= 15 is 0 Å². The second kappa shape index (κ2) is 13.8. The van der Waals surface area contributed by atoms with Gasteiger partial charge in [-0.15, -0.1) is 0 Å². The van der Waals surface area contributed by atoms with Gasteiger partial charge in [-0.05, 0) is 61.7 Å². The van der Waals surface area contributed by atoms with E-state index in [2.05, 4.69) is 12.2 Å². The Morgan fingerprint density at radius 3 is 2.36 bits per heavy atom. The molecule has 0 spiro atoms. The van der Waals surface area contributed by atoms with Gasteiger partial charge in [0.15, 0.2) is 11.5 Å². The minimum atomic E-state index is -1.12. The molecule has 2 aromatic rings. The number of nitrogens with one attached hydrogen (secondary N) is 1. The summed E-state index contributed by atoms with van der Waals surface area (Å²) in [6.45, 7) is 6.96. The van der Waals surface area contributed by atoms with Crippen LogP contribution in [0, 0.1) is 0 Å². The summed E-state index contributed by atoms with van der Waals surface area (Å²) in [6, 6.07) is 13.2. The molecule has 7 nitrogen and oxygen atoms in total. The number of rotatable bonds is 15. The molecule has 2 N–H and O–H groups in total. The first-order valence-corrected chi connectivity index (χ1v) is 11.2. The maximum absolute atomic E-state index is 11.4. The van der Waals surface area contributed by atoms with Gasteiger partial charge in [0.05, 0.1) is 26.4 Å². The van der Waals surface area contributed by atoms with Crippen LogP contribution in [-0.2, 0) is 20.7 Å². The summed E-state index contributed by atoms with van der Waals surface area (Å²) in [7, 11) is 0. The Bertz CT molecular complexity index is 936. The first-order valence-electron chi connectivity index (χ1n) is 11.2. The highest BCUT2D eigenvalue weighted by Crippen LogP contribution is 2.30. The third kappa shape index (κ3) is 9.27. The molecule has 0 unspecified atom stereocenters. The normalized spacial score (nSPS) is 11.1. The Hall–Kier alpha value is -3.48. The van der Waals surface area contributed by atoms with Gasteiger partial charge >= 0.3 is 5.97 Å². The average Bonchev–Trinajstić information content (AvgIpc) is 2.79. The van der Waals surface area contributed by atoms with Crippen LogP contribution in [-0.4, -0.2) is 43.2 Å². The van der Waals surface area contributed by atoms with Crippen LogP contribution in [0.3, 0.4) is 0 Å². The number of aliphatic carboxylic acids is 1. The lowest BCUT2D eigenvalue weighted by molar-refractivity contribution is -0.136. The fourth-order valence-electron chi connectivity index (χ4n) is 2.94. The highest BCUT2D eigenvalue weighted by atomic mass is 16.5. The van der Waals surface area contributed by atoms with Crippen molar-refractivity contribution in [1.29, 1.82) is 0 Å². The van der Waals surface area contributed by atoms with Crippen LogP contribution in [0.25, 0.3) is 6.08 Å². The number of carbonyl (C=O) groups excluding carboxylic acids is 1. The number of hydrogen-bond donors (Lipinski definition) is 2. The lowest BCUT2D eigenvalue weighted by atomic mass is 10.1. The van der Waals surface area contributed by atoms with E-state index in [0.717, 1.165) is 24.1 Å². The molecule has 0 fully saturated rings. The number of hydrogen-bond acceptors (Lipinski definition) is 6. The number of ketones is 1. The van der Waals surface area contributed by atoms with E-state index < -0.39 is 5.97 Å². The van der Waals surface area contributed by atoms with Crippen LogP contribution in [0.5, 0.6) is 11.5 Å². The second-order valence-electron chi connectivity index (χ2n) is 7.51. The number of ether oxygens (including phenoxy) is 3. The van der Waals surface area contributed by atoms with E-state index in [1.165, 1.54) is 6.08 Å². The van der Waals surface area contributed by atoms with Crippen LogP contribution in [0.4, 0.5) is 5.69 Å². The van der Waals surface area contributed by atoms with E-state index in [1.54, 1.807) is 32.0 Å². The molecule has 0 atom stereocenters. The highest BCUT2D eigenvalue weighted by molar-refractivity contribution is 5.90. The second-order valence-corrected chi connectivity index (χ2v) is 7.51. The monoisotopic (exact) mass is 455 g/mol. The van der Waals surface area contributed by atoms with Gasteiger partial charge < -0.3 is 24.6 Å². The van der Waals surface area contributed by atoms with Crippen molar-refractivity contribution in [2.75, 3.05) is 31.7 Å². The summed E-state index contributed by atoms with van der Waals surface area (Å²) in [5.41, 5.74) is 2.67. The van der Waals surface area contributed by atoms with E-state index in [4.69, 9.17) is 14.2 Å². The van der Waals surface area contributed by atoms with Crippen molar-refractivity contribution in [3.05, 3.63) is 59.4 Å². The molecule has 0 radical (unpaired) electrons. The van der Waals surface area contributed by atoms with Gasteiger partial charge in [-0.1, -0.05) is 31.5 Å². The zero-order valence-corrected chi connectivity index (χ0v) is 19.6. The van der Waals surface area contributed by atoms with Crippen molar-refractivity contribution >= 4 is 23.5 Å². The summed E-state index contributed by atoms with van der Waals surface area (Å²) in [6.07, 6.45) is 4.09. The van der Waals surface area contributed by atoms with Gasteiger partial charge in [-0.2, -0.15) is 0 Å². The molecule has 0 aliphatic carbocycles. The summed E-state index contributed by atoms with van der Waals surface area (Å²) >= 11 is 0. The number of carboxylic acids is 1. The first kappa shape index (κ1) is 25.8. The van der Waals surface area contributed by atoms with Crippen molar-refractivity contribution in [2.24, 2.45) is 0 Å². The van der Waals surface area contributed by atoms with Gasteiger partial charge in [0, 0.05) is 12.1 Å². The van der Waals surface area contributed by atoms with Crippen molar-refractivity contribution in [1.82, 2.24) is 0 Å². The van der Waals surface area contributed by atoms with Crippen LogP contribution in [0.1, 0.15) is 44.7 Å². The maximum atomic E-state index is 11.4. The molecule has 0 aromatic heterocycles. The van der Waals surface area contributed by atoms with E-state index in [-0.39, 0.29) is 18.1 Å². The Morgan fingerprint density at radius 2 is 1.73 bits per heavy atom. The molecular weight excluding hydrogens is 422 g/mol. The summed E-state index contributed by atoms with van der Waals surface area (Å²) in [4.78, 5) is 22.4. The average molecular weight is 456 g/mol. The van der Waals surface area contributed by atoms with Gasteiger partial charge in [0.25, 0.3) is 0 Å². The van der Waals surface area contributed by atoms with Gasteiger partial charge in [-0.25, -0.2) is 4.79 Å². The molecule has 7 heteroatoms. The van der Waals surface area contributed by atoms with Gasteiger partial charge in [0.1, 0.15) is 5.78 Å². The number of unbranched alkanes of at least 4 members (excludes halogenated alkanes) is 1. The van der Waals surface area contributed by atoms with Gasteiger partial charge in [0.2, 0.25) is 5.76 Å². The predicted molar refractivity (Wildman–Crippen MR) is 129 cm³/mol. The van der Waals surface area contributed by atoms with Crippen molar-refractivity contribution in [3.8, 4) is 11.5 Å². The molecule has 0 aliphatic rings. The molecular formula is C26H33NO6. The minimum absolute atomic E-state index is 0.0861. The number of carboxylic acid groups (broad SMARTS) is 1. The Kier molecular flexibility index (Phi) is 10.8. The molecule has 0 saturated heterocycles. The fraction of sp³-hybridized carbons (Fsp3) is 0.385. The number of benzene rings is 2. The Balaban J connectivity index is 2.05. The molecule has 2 aromatic carbocycles. The van der Waals surface area contributed by atoms with Crippen LogP contribution in [0.15, 0.2) is 48.2 Å². The zero-order valence-electron chi connectivity index (χ0n) is 19.6. The first-order chi connectivity index (χ1) is 15.9. The summed E-state index contributed by atoms with van der Waals surface area (Å²) < 4.78 is 17.1. The highest BCUT2D eigenvalue weighted by Gasteiger charge is 2.11. The van der Waals surface area contributed by atoms with Crippen LogP contribution in [0.2, 0.25) is 0 Å². The Morgan fingerprint density at radius 1 is 1.00 bits per heavy atom. The molecule has 2 rings (SSSR count). The number of Topliss-reactive ketones (excluding diaryl/α,β-unsaturated/α-hetero) is 1. The SMILES string of the molecule is CCCCOc1cc(/C=C(\OCC)C(=O)O)ccc1OCCc1ccc(NCC(C)=O)cc1. The number of carbonyl (C=O) groups is 2. The van der Waals surface area contributed by atoms with Crippen LogP contribution < -0.4 is 14.8 Å². The maximum Gasteiger partial charge on any atom is 0.371 e. The van der Waals surface area contributed by atoms with Crippen molar-refractivity contribution < 1.29 is 28.9 Å². The predicted octanol–water partition coefficient (Wildman–Crippen LogP) is 4.95. The molecule has 0 saturated carbocycles. The topological polar surface area (TPSA) is 94.1 Å². The quantitative estimate of drug-likeness (QED) is 0.223. The smallest absolute Gasteiger partial charge is 0.371 e. The minimum Gasteiger partial charge on any atom is -0.490 e. The summed E-state index contributed by atoms with van der Waals surface area (Å²) in [5, 5.41) is 12.4. The fourth-order valence-corrected chi connectivity index (χ4v) is 2.94. The lowest BCUT2D eigenvalue weighted by Gasteiger charge is -2.14. The van der Waals surface area contributed by atoms with Gasteiger partial charge in [-0.3, -0.25) is 4.79 Å². The zero-order chi connectivity index (χ0) is 24.1. The molecule has 0 aliphatic heterocycles. The lowest BCUT2D eigenvalue weighted by Crippen LogP contribution is -2.09. The molecule has 0 bridgehead atoms. The largest absolute Gasteiger partial charge is 0.490 e. The third-order valence-electron chi connectivity index (χ3n) is 4.68. The van der Waals surface area contributed by atoms with E-state index in [0.29, 0.717) is 43.2 Å². The van der Waals surface area contributed by atoms with Crippen LogP contribution >= 0.6 is 0 Å². The van der Waals surface area contributed by atoms with E-state index in [9.17, 15) is 14.7 Å². The van der Waals surface area contributed by atoms with E-state index in [1.807, 2.05) is 24.3 Å². The number of anilines is 1. The van der Waals surface area contributed by atoms with Crippen molar-refractivity contribution in [2.45, 2.75) is 40.0 Å². The third-order valence-corrected chi connectivity index (χ3v) is 4.68. The standard InChI is InChI=1S/C26H33NO6/c1-4-6-14-32-24-16-21(17-25(26(29)30)31-5-2)9-12-23(24)33-15-13-20-7-10-22(11-8-20)27-18-19(3)28/h7-12,16-17,27H,4-6,13-15,18H2,1-3H3,(H,29,30)/b25-17-. The van der Waals surface area contributed by atoms with Crippen molar-refractivity contribution in [3.63, 3.8) is 0 Å².